The quantitative estimate of drug-likeness (QED) is 0.222. The van der Waals surface area contributed by atoms with Crippen molar-refractivity contribution in [2.45, 2.75) is 81.5 Å². The van der Waals surface area contributed by atoms with E-state index < -0.39 is 12.1 Å². The number of hydrogen-bond donors (Lipinski definition) is 4. The summed E-state index contributed by atoms with van der Waals surface area (Å²) in [5.74, 6) is -1.90. The van der Waals surface area contributed by atoms with E-state index in [0.717, 1.165) is 49.8 Å². The second-order valence-corrected chi connectivity index (χ2v) is 9.74. The van der Waals surface area contributed by atoms with Crippen LogP contribution in [0.1, 0.15) is 56.9 Å². The molecule has 0 aromatic heterocycles. The number of hydrogen-bond acceptors (Lipinski definition) is 7. The van der Waals surface area contributed by atoms with Gasteiger partial charge in [-0.2, -0.15) is 24.9 Å². The molecule has 12 heteroatoms. The van der Waals surface area contributed by atoms with Gasteiger partial charge < -0.3 is 26.6 Å². The van der Waals surface area contributed by atoms with Crippen LogP contribution >= 0.6 is 11.8 Å². The van der Waals surface area contributed by atoms with E-state index in [1.54, 1.807) is 0 Å². The van der Waals surface area contributed by atoms with Crippen LogP contribution < -0.4 is 16.8 Å². The number of carboxylic acids is 1. The first-order chi connectivity index (χ1) is 17.0. The fourth-order valence-electron chi connectivity index (χ4n) is 3.34. The minimum Gasteiger partial charge on any atom is -0.475 e. The number of nitrogens with two attached hydrogens (primary N) is 2. The van der Waals surface area contributed by atoms with Gasteiger partial charge in [0, 0.05) is 42.5 Å². The van der Waals surface area contributed by atoms with E-state index in [0.29, 0.717) is 31.2 Å². The molecular formula is C24H36F3N3O5S. The van der Waals surface area contributed by atoms with E-state index in [1.807, 2.05) is 42.1 Å². The van der Waals surface area contributed by atoms with Crippen molar-refractivity contribution in [2.75, 3.05) is 12.3 Å². The van der Waals surface area contributed by atoms with Crippen LogP contribution in [-0.4, -0.2) is 58.8 Å². The van der Waals surface area contributed by atoms with Crippen molar-refractivity contribution < 1.29 is 37.4 Å². The summed E-state index contributed by atoms with van der Waals surface area (Å²) < 4.78 is 37.0. The summed E-state index contributed by atoms with van der Waals surface area (Å²) in [5.41, 5.74) is 13.0. The smallest absolute Gasteiger partial charge is 0.475 e. The Labute approximate surface area is 213 Å². The molecule has 1 fully saturated rings. The van der Waals surface area contributed by atoms with Gasteiger partial charge in [-0.05, 0) is 31.2 Å². The van der Waals surface area contributed by atoms with Gasteiger partial charge in [-0.15, -0.1) is 0 Å². The Morgan fingerprint density at radius 3 is 2.25 bits per heavy atom. The van der Waals surface area contributed by atoms with Crippen LogP contribution in [-0.2, 0) is 25.7 Å². The molecule has 204 valence electrons. The molecule has 0 aliphatic carbocycles. The lowest BCUT2D eigenvalue weighted by molar-refractivity contribution is -0.192. The predicted octanol–water partition coefficient (Wildman–Crippen LogP) is 3.37. The minimum atomic E-state index is -5.08. The Morgan fingerprint density at radius 2 is 1.67 bits per heavy atom. The summed E-state index contributed by atoms with van der Waals surface area (Å²) >= 11 is 1.87. The van der Waals surface area contributed by atoms with Crippen molar-refractivity contribution in [1.82, 2.24) is 5.32 Å². The van der Waals surface area contributed by atoms with Gasteiger partial charge in [0.05, 0.1) is 0 Å². The first-order valence-electron chi connectivity index (χ1n) is 11.9. The molecule has 6 N–H and O–H groups in total. The number of nitrogens with one attached hydrogen (secondary N) is 1. The second-order valence-electron chi connectivity index (χ2n) is 8.47. The maximum absolute atomic E-state index is 11.9. The number of carbonyl (C=O) groups excluding carboxylic acids is 2. The maximum Gasteiger partial charge on any atom is 0.490 e. The fraction of sp³-hybridized carbons (Fsp3) is 0.625. The third kappa shape index (κ3) is 14.3. The topological polar surface area (TPSA) is 145 Å². The largest absolute Gasteiger partial charge is 0.490 e. The van der Waals surface area contributed by atoms with Gasteiger partial charge in [0.25, 0.3) is 0 Å². The Hall–Kier alpha value is -2.31. The fourth-order valence-corrected chi connectivity index (χ4v) is 4.79. The Balaban J connectivity index is 0.000000809. The van der Waals surface area contributed by atoms with Crippen LogP contribution in [0, 0.1) is 0 Å². The van der Waals surface area contributed by atoms with Crippen LogP contribution in [0.2, 0.25) is 0 Å². The van der Waals surface area contributed by atoms with Crippen molar-refractivity contribution in [3.63, 3.8) is 0 Å². The van der Waals surface area contributed by atoms with Crippen LogP contribution in [0.5, 0.6) is 0 Å². The van der Waals surface area contributed by atoms with Gasteiger partial charge in [-0.1, -0.05) is 43.2 Å². The number of amides is 1. The number of aliphatic carboxylic acids is 1. The number of unbranched alkanes of at least 4 members (excludes halogenated alkanes) is 3. The second kappa shape index (κ2) is 17.2. The summed E-state index contributed by atoms with van der Waals surface area (Å²) in [5, 5.41) is 10.6. The number of ether oxygens (including phenoxy) is 1. The van der Waals surface area contributed by atoms with Gasteiger partial charge in [0.15, 0.2) is 0 Å². The zero-order valence-corrected chi connectivity index (χ0v) is 21.0. The molecule has 0 saturated carbocycles. The van der Waals surface area contributed by atoms with E-state index in [9.17, 15) is 22.8 Å². The van der Waals surface area contributed by atoms with Gasteiger partial charge in [0.1, 0.15) is 6.61 Å². The molecular weight excluding hydrogens is 499 g/mol. The highest BCUT2D eigenvalue weighted by Gasteiger charge is 2.38. The normalized spacial score (nSPS) is 19.2. The number of carbonyl (C=O) groups is 3. The van der Waals surface area contributed by atoms with Crippen molar-refractivity contribution in [1.29, 1.82) is 0 Å². The molecule has 1 aliphatic rings. The Kier molecular flexibility index (Phi) is 15.2. The van der Waals surface area contributed by atoms with E-state index in [2.05, 4.69) is 5.32 Å². The van der Waals surface area contributed by atoms with E-state index in [-0.39, 0.29) is 24.0 Å². The summed E-state index contributed by atoms with van der Waals surface area (Å²) in [6.45, 7) is 1.03. The molecule has 1 saturated heterocycles. The molecule has 1 amide bonds. The van der Waals surface area contributed by atoms with Crippen molar-refractivity contribution in [3.05, 3.63) is 35.9 Å². The van der Waals surface area contributed by atoms with E-state index in [1.165, 1.54) is 0 Å². The average molecular weight is 536 g/mol. The molecule has 1 aromatic carbocycles. The van der Waals surface area contributed by atoms with Crippen molar-refractivity contribution in [3.8, 4) is 0 Å². The molecule has 1 aliphatic heterocycles. The molecule has 2 rings (SSSR count). The summed E-state index contributed by atoms with van der Waals surface area (Å²) in [7, 11) is 0. The number of carboxylic acid groups (broad SMARTS) is 1. The van der Waals surface area contributed by atoms with Crippen molar-refractivity contribution >= 4 is 29.6 Å². The predicted molar refractivity (Wildman–Crippen MR) is 132 cm³/mol. The van der Waals surface area contributed by atoms with Gasteiger partial charge in [0.2, 0.25) is 5.91 Å². The maximum atomic E-state index is 11.9. The number of rotatable bonds is 13. The zero-order valence-electron chi connectivity index (χ0n) is 20.2. The zero-order chi connectivity index (χ0) is 27.0. The lowest BCUT2D eigenvalue weighted by Gasteiger charge is -2.16. The van der Waals surface area contributed by atoms with E-state index >= 15 is 0 Å². The third-order valence-corrected chi connectivity index (χ3v) is 6.99. The first kappa shape index (κ1) is 31.7. The van der Waals surface area contributed by atoms with Gasteiger partial charge >= 0.3 is 18.1 Å². The van der Waals surface area contributed by atoms with Gasteiger partial charge in [-0.3, -0.25) is 9.59 Å². The lowest BCUT2D eigenvalue weighted by Crippen LogP contribution is -2.43. The number of halogens is 3. The molecule has 0 bridgehead atoms. The highest BCUT2D eigenvalue weighted by Crippen LogP contribution is 2.28. The summed E-state index contributed by atoms with van der Waals surface area (Å²) in [6.07, 6.45) is 1.32. The number of benzene rings is 1. The standard InChI is InChI=1S/C22H35N3O3S.C2HF3O2/c23-18-16-29-19(22(18)24)11-7-8-14-25-20(26)12-5-2-6-13-21(27)28-15-17-9-3-1-4-10-17;3-2(4,5)1(6)7/h1,3-4,9-10,18-19,22H,2,5-8,11-16,23-24H2,(H,25,26);(H,6,7)/t18-,19-,22-;/m0./s1. The van der Waals surface area contributed by atoms with Gasteiger partial charge in [-0.25, -0.2) is 4.79 Å². The lowest BCUT2D eigenvalue weighted by atomic mass is 10.0. The van der Waals surface area contributed by atoms with Crippen molar-refractivity contribution in [2.24, 2.45) is 11.5 Å². The van der Waals surface area contributed by atoms with Crippen LogP contribution in [0.15, 0.2) is 30.3 Å². The molecule has 0 radical (unpaired) electrons. The molecule has 3 atom stereocenters. The minimum absolute atomic E-state index is 0.0885. The molecule has 0 unspecified atom stereocenters. The monoisotopic (exact) mass is 535 g/mol. The molecule has 1 aromatic rings. The SMILES string of the molecule is N[C@@H]1[C@H](CCCCNC(=O)CCCCCC(=O)OCc2ccccc2)SC[C@@H]1N.O=C(O)C(F)(F)F. The molecule has 8 nitrogen and oxygen atoms in total. The highest BCUT2D eigenvalue weighted by molar-refractivity contribution is 8.00. The number of esters is 1. The summed E-state index contributed by atoms with van der Waals surface area (Å²) in [4.78, 5) is 32.5. The first-order valence-corrected chi connectivity index (χ1v) is 12.9. The highest BCUT2D eigenvalue weighted by atomic mass is 32.2. The Morgan fingerprint density at radius 1 is 1.03 bits per heavy atom. The van der Waals surface area contributed by atoms with Crippen LogP contribution in [0.3, 0.4) is 0 Å². The van der Waals surface area contributed by atoms with E-state index in [4.69, 9.17) is 26.1 Å². The molecule has 0 spiro atoms. The Bertz CT molecular complexity index is 799. The van der Waals surface area contributed by atoms with Crippen LogP contribution in [0.4, 0.5) is 13.2 Å². The average Bonchev–Trinajstić information content (AvgIpc) is 3.15. The number of thioether (sulfide) groups is 1. The third-order valence-electron chi connectivity index (χ3n) is 5.43. The molecule has 36 heavy (non-hydrogen) atoms. The molecule has 1 heterocycles. The summed E-state index contributed by atoms with van der Waals surface area (Å²) in [6, 6.07) is 9.88. The number of alkyl halides is 3. The van der Waals surface area contributed by atoms with Crippen LogP contribution in [0.25, 0.3) is 0 Å².